The van der Waals surface area contributed by atoms with Gasteiger partial charge in [-0.25, -0.2) is 4.98 Å². The average Bonchev–Trinajstić information content (AvgIpc) is 2.85. The van der Waals surface area contributed by atoms with Gasteiger partial charge >= 0.3 is 0 Å². The van der Waals surface area contributed by atoms with Crippen molar-refractivity contribution in [3.8, 4) is 12.1 Å². The molecule has 10 heteroatoms. The van der Waals surface area contributed by atoms with Gasteiger partial charge in [0, 0.05) is 19.1 Å². The number of amides is 2. The number of primary amides is 2. The monoisotopic (exact) mass is 477 g/mol. The molecule has 1 unspecified atom stereocenters. The molecule has 2 aromatic rings. The van der Waals surface area contributed by atoms with Gasteiger partial charge in [-0.05, 0) is 30.4 Å². The van der Waals surface area contributed by atoms with Crippen molar-refractivity contribution in [2.75, 3.05) is 24.5 Å². The van der Waals surface area contributed by atoms with Crippen LogP contribution in [0.25, 0.3) is 0 Å². The number of aromatic nitrogens is 1. The van der Waals surface area contributed by atoms with E-state index in [0.717, 1.165) is 30.2 Å². The molecule has 1 fully saturated rings. The molecule has 0 radical (unpaired) electrons. The predicted octanol–water partition coefficient (Wildman–Crippen LogP) is 1.75. The first-order valence-corrected chi connectivity index (χ1v) is 11.9. The Balaban J connectivity index is 1.98. The van der Waals surface area contributed by atoms with Gasteiger partial charge in [-0.3, -0.25) is 9.59 Å². The minimum absolute atomic E-state index is 0.123. The van der Waals surface area contributed by atoms with Crippen LogP contribution in [-0.2, 0) is 16.0 Å². The summed E-state index contributed by atoms with van der Waals surface area (Å²) >= 11 is 1.13. The van der Waals surface area contributed by atoms with Crippen molar-refractivity contribution in [2.24, 2.45) is 11.5 Å². The Morgan fingerprint density at radius 3 is 2.35 bits per heavy atom. The molecule has 176 valence electrons. The van der Waals surface area contributed by atoms with Crippen LogP contribution in [0.15, 0.2) is 35.4 Å². The summed E-state index contributed by atoms with van der Waals surface area (Å²) in [5, 5.41) is 22.7. The first-order valence-electron chi connectivity index (χ1n) is 11.0. The Kier molecular flexibility index (Phi) is 8.47. The summed E-state index contributed by atoms with van der Waals surface area (Å²) in [7, 11) is 0. The molecular weight excluding hydrogens is 450 g/mol. The van der Waals surface area contributed by atoms with E-state index in [2.05, 4.69) is 17.5 Å². The van der Waals surface area contributed by atoms with E-state index in [1.54, 1.807) is 0 Å². The zero-order valence-corrected chi connectivity index (χ0v) is 19.8. The average molecular weight is 478 g/mol. The van der Waals surface area contributed by atoms with Crippen LogP contribution in [0.3, 0.4) is 0 Å². The third-order valence-corrected chi connectivity index (χ3v) is 7.03. The SMILES string of the molecule is CCc1c(C#N)c(SC(C(N)=O)c2ccccc2)nc(N2CCC(NCC(N)=O)CC2)c1C#N. The number of pyridine rings is 1. The van der Waals surface area contributed by atoms with Gasteiger partial charge in [-0.2, -0.15) is 10.5 Å². The smallest absolute Gasteiger partial charge is 0.235 e. The van der Waals surface area contributed by atoms with Crippen molar-refractivity contribution in [3.63, 3.8) is 0 Å². The van der Waals surface area contributed by atoms with Crippen molar-refractivity contribution < 1.29 is 9.59 Å². The third kappa shape index (κ3) is 5.66. The fourth-order valence-corrected chi connectivity index (χ4v) is 5.13. The molecule has 9 nitrogen and oxygen atoms in total. The molecular formula is C24H27N7O2S. The summed E-state index contributed by atoms with van der Waals surface area (Å²) in [5.74, 6) is -0.433. The molecule has 0 spiro atoms. The number of nitriles is 2. The van der Waals surface area contributed by atoms with Gasteiger partial charge in [0.25, 0.3) is 0 Å². The number of carbonyl (C=O) groups excluding carboxylic acids is 2. The van der Waals surface area contributed by atoms with E-state index in [0.29, 0.717) is 47.0 Å². The van der Waals surface area contributed by atoms with Crippen LogP contribution in [-0.4, -0.2) is 42.5 Å². The first kappa shape index (κ1) is 25.0. The van der Waals surface area contributed by atoms with Crippen LogP contribution >= 0.6 is 11.8 Å². The molecule has 1 aromatic carbocycles. The number of nitrogens with zero attached hydrogens (tertiary/aromatic N) is 4. The lowest BCUT2D eigenvalue weighted by Crippen LogP contribution is -2.45. The van der Waals surface area contributed by atoms with E-state index in [9.17, 15) is 20.1 Å². The van der Waals surface area contributed by atoms with E-state index in [4.69, 9.17) is 16.5 Å². The highest BCUT2D eigenvalue weighted by Gasteiger charge is 2.29. The molecule has 3 rings (SSSR count). The van der Waals surface area contributed by atoms with Crippen molar-refractivity contribution >= 4 is 29.4 Å². The lowest BCUT2D eigenvalue weighted by Gasteiger charge is -2.34. The van der Waals surface area contributed by atoms with Crippen LogP contribution in [0.1, 0.15) is 47.3 Å². The maximum absolute atomic E-state index is 12.3. The normalized spacial score (nSPS) is 14.7. The maximum atomic E-state index is 12.3. The Morgan fingerprint density at radius 2 is 1.82 bits per heavy atom. The Labute approximate surface area is 203 Å². The second-order valence-electron chi connectivity index (χ2n) is 7.97. The molecule has 34 heavy (non-hydrogen) atoms. The van der Waals surface area contributed by atoms with Crippen LogP contribution < -0.4 is 21.7 Å². The molecule has 1 aromatic heterocycles. The molecule has 0 saturated carbocycles. The number of benzene rings is 1. The van der Waals surface area contributed by atoms with Crippen LogP contribution in [0, 0.1) is 22.7 Å². The van der Waals surface area contributed by atoms with Gasteiger partial charge in [0.05, 0.1) is 17.7 Å². The minimum atomic E-state index is -0.727. The Morgan fingerprint density at radius 1 is 1.18 bits per heavy atom. The summed E-state index contributed by atoms with van der Waals surface area (Å²) in [6, 6.07) is 13.7. The van der Waals surface area contributed by atoms with Crippen molar-refractivity contribution in [3.05, 3.63) is 52.6 Å². The lowest BCUT2D eigenvalue weighted by molar-refractivity contribution is -0.118. The molecule has 1 saturated heterocycles. The van der Waals surface area contributed by atoms with E-state index >= 15 is 0 Å². The lowest BCUT2D eigenvalue weighted by atomic mass is 10.00. The molecule has 0 bridgehead atoms. The zero-order chi connectivity index (χ0) is 24.7. The van der Waals surface area contributed by atoms with Crippen LogP contribution in [0.4, 0.5) is 5.82 Å². The zero-order valence-electron chi connectivity index (χ0n) is 19.0. The number of piperidine rings is 1. The van der Waals surface area contributed by atoms with Gasteiger partial charge in [0.2, 0.25) is 11.8 Å². The second-order valence-corrected chi connectivity index (χ2v) is 9.06. The molecule has 0 aliphatic carbocycles. The highest BCUT2D eigenvalue weighted by atomic mass is 32.2. The molecule has 1 aliphatic heterocycles. The van der Waals surface area contributed by atoms with Gasteiger partial charge in [-0.15, -0.1) is 0 Å². The first-order chi connectivity index (χ1) is 16.4. The minimum Gasteiger partial charge on any atom is -0.369 e. The number of nitrogens with two attached hydrogens (primary N) is 2. The number of hydrogen-bond acceptors (Lipinski definition) is 8. The van der Waals surface area contributed by atoms with Crippen LogP contribution in [0.5, 0.6) is 0 Å². The summed E-state index contributed by atoms with van der Waals surface area (Å²) in [4.78, 5) is 30.1. The summed E-state index contributed by atoms with van der Waals surface area (Å²) in [6.07, 6.45) is 1.97. The van der Waals surface area contributed by atoms with Gasteiger partial charge in [-0.1, -0.05) is 49.0 Å². The third-order valence-electron chi connectivity index (χ3n) is 5.78. The van der Waals surface area contributed by atoms with Crippen molar-refractivity contribution in [2.45, 2.75) is 42.5 Å². The Bertz CT molecular complexity index is 1130. The maximum Gasteiger partial charge on any atom is 0.235 e. The number of rotatable bonds is 9. The highest BCUT2D eigenvalue weighted by molar-refractivity contribution is 8.00. The van der Waals surface area contributed by atoms with Gasteiger partial charge in [0.1, 0.15) is 28.2 Å². The Hall–Kier alpha value is -3.60. The number of nitrogens with one attached hydrogen (secondary N) is 1. The van der Waals surface area contributed by atoms with E-state index in [1.807, 2.05) is 42.2 Å². The fraction of sp³-hybridized carbons (Fsp3) is 0.375. The molecule has 5 N–H and O–H groups in total. The fourth-order valence-electron chi connectivity index (χ4n) is 4.07. The van der Waals surface area contributed by atoms with E-state index in [-0.39, 0.29) is 12.6 Å². The standard InChI is InChI=1S/C24H27N7O2S/c1-2-17-18(12-25)23(31-10-8-16(9-11-31)29-14-20(27)32)30-24(19(17)13-26)34-21(22(28)33)15-6-4-3-5-7-15/h3-7,16,21,29H,2,8-11,14H2,1H3,(H2,27,32)(H2,28,33). The van der Waals surface area contributed by atoms with Gasteiger partial charge < -0.3 is 21.7 Å². The number of carbonyl (C=O) groups is 2. The second kappa shape index (κ2) is 11.5. The molecule has 1 aliphatic rings. The quantitative estimate of drug-likeness (QED) is 0.460. The van der Waals surface area contributed by atoms with Gasteiger partial charge in [0.15, 0.2) is 0 Å². The number of hydrogen-bond donors (Lipinski definition) is 3. The van der Waals surface area contributed by atoms with Crippen molar-refractivity contribution in [1.82, 2.24) is 10.3 Å². The molecule has 2 amide bonds. The predicted molar refractivity (Wildman–Crippen MR) is 130 cm³/mol. The topological polar surface area (TPSA) is 162 Å². The summed E-state index contributed by atoms with van der Waals surface area (Å²) in [5.41, 5.74) is 12.9. The molecule has 2 heterocycles. The van der Waals surface area contributed by atoms with E-state index in [1.165, 1.54) is 0 Å². The summed E-state index contributed by atoms with van der Waals surface area (Å²) in [6.45, 7) is 3.25. The largest absolute Gasteiger partial charge is 0.369 e. The number of anilines is 1. The highest BCUT2D eigenvalue weighted by Crippen LogP contribution is 2.39. The number of thioether (sulfide) groups is 1. The van der Waals surface area contributed by atoms with Crippen LogP contribution in [0.2, 0.25) is 0 Å². The van der Waals surface area contributed by atoms with Crippen molar-refractivity contribution in [1.29, 1.82) is 10.5 Å². The summed E-state index contributed by atoms with van der Waals surface area (Å²) < 4.78 is 0. The van der Waals surface area contributed by atoms with E-state index < -0.39 is 17.1 Å². The molecule has 1 atom stereocenters.